The van der Waals surface area contributed by atoms with Gasteiger partial charge in [0.05, 0.1) is 0 Å². The largest absolute Gasteiger partial charge is 0.481 e. The highest BCUT2D eigenvalue weighted by atomic mass is 35.5. The minimum atomic E-state index is -1.09. The van der Waals surface area contributed by atoms with Crippen LogP contribution < -0.4 is 5.32 Å². The average Bonchev–Trinajstić information content (AvgIpc) is 2.94. The third-order valence-corrected chi connectivity index (χ3v) is 3.38. The summed E-state index contributed by atoms with van der Waals surface area (Å²) in [6.07, 6.45) is -0.701. The van der Waals surface area contributed by atoms with E-state index in [1.54, 1.807) is 45.0 Å². The zero-order valence-corrected chi connectivity index (χ0v) is 15.4. The summed E-state index contributed by atoms with van der Waals surface area (Å²) in [5.41, 5.74) is 0.200. The Labute approximate surface area is 155 Å². The number of nitrogens with one attached hydrogen (secondary N) is 1. The molecule has 0 aliphatic rings. The van der Waals surface area contributed by atoms with Crippen molar-refractivity contribution in [3.05, 3.63) is 46.6 Å². The fourth-order valence-electron chi connectivity index (χ4n) is 2.11. The quantitative estimate of drug-likeness (QED) is 0.789. The Hall–Kier alpha value is -2.61. The third kappa shape index (κ3) is 6.36. The van der Waals surface area contributed by atoms with Gasteiger partial charge in [-0.25, -0.2) is 4.79 Å². The topological polar surface area (TPSA) is 115 Å². The van der Waals surface area contributed by atoms with Gasteiger partial charge in [0.2, 0.25) is 11.8 Å². The molecule has 1 heterocycles. The van der Waals surface area contributed by atoms with Crippen LogP contribution in [0.1, 0.15) is 44.2 Å². The van der Waals surface area contributed by atoms with Crippen molar-refractivity contribution in [1.29, 1.82) is 0 Å². The van der Waals surface area contributed by atoms with Crippen molar-refractivity contribution in [3.8, 4) is 0 Å². The van der Waals surface area contributed by atoms with Crippen LogP contribution in [0.4, 0.5) is 4.79 Å². The predicted molar refractivity (Wildman–Crippen MR) is 92.9 cm³/mol. The molecule has 0 aliphatic carbocycles. The summed E-state index contributed by atoms with van der Waals surface area (Å²) in [7, 11) is 0. The average molecular weight is 382 g/mol. The number of aromatic nitrogens is 2. The van der Waals surface area contributed by atoms with Crippen molar-refractivity contribution in [1.82, 2.24) is 15.5 Å². The lowest BCUT2D eigenvalue weighted by Crippen LogP contribution is -2.36. The number of alkyl carbamates (subject to hydrolysis) is 1. The molecule has 1 unspecified atom stereocenters. The van der Waals surface area contributed by atoms with Crippen LogP contribution in [0.3, 0.4) is 0 Å². The smallest absolute Gasteiger partial charge is 0.408 e. The van der Waals surface area contributed by atoms with Crippen molar-refractivity contribution < 1.29 is 23.8 Å². The Bertz CT molecular complexity index is 767. The Balaban J connectivity index is 2.19. The highest BCUT2D eigenvalue weighted by Crippen LogP contribution is 2.20. The molecule has 1 amide bonds. The molecular formula is C17H20ClN3O5. The van der Waals surface area contributed by atoms with Crippen LogP contribution >= 0.6 is 11.6 Å². The molecule has 2 aromatic rings. The maximum Gasteiger partial charge on any atom is 0.408 e. The molecule has 1 aromatic heterocycles. The van der Waals surface area contributed by atoms with Crippen LogP contribution in [0.15, 0.2) is 28.7 Å². The molecule has 0 spiro atoms. The van der Waals surface area contributed by atoms with E-state index in [4.69, 9.17) is 25.9 Å². The van der Waals surface area contributed by atoms with Crippen molar-refractivity contribution in [2.24, 2.45) is 0 Å². The molecule has 8 nitrogen and oxygen atoms in total. The molecular weight excluding hydrogens is 362 g/mol. The summed E-state index contributed by atoms with van der Waals surface area (Å²) in [5.74, 6) is -1.03. The number of amides is 1. The van der Waals surface area contributed by atoms with E-state index >= 15 is 0 Å². The summed E-state index contributed by atoms with van der Waals surface area (Å²) in [6, 6.07) is 6.39. The van der Waals surface area contributed by atoms with E-state index < -0.39 is 30.1 Å². The zero-order chi connectivity index (χ0) is 19.3. The molecule has 0 fully saturated rings. The lowest BCUT2D eigenvalue weighted by molar-refractivity contribution is -0.136. The standard InChI is InChI=1S/C17H20ClN3O5/c1-17(2,3)26-16(24)19-12(8-10-4-6-11(18)7-5-10)15-21-20-13(25-15)9-14(22)23/h4-7,12H,8-9H2,1-3H3,(H,19,24)(H,22,23). The molecule has 0 aliphatic heterocycles. The van der Waals surface area contributed by atoms with Gasteiger partial charge in [-0.1, -0.05) is 23.7 Å². The molecule has 0 radical (unpaired) electrons. The summed E-state index contributed by atoms with van der Waals surface area (Å²) in [4.78, 5) is 22.9. The van der Waals surface area contributed by atoms with E-state index in [0.29, 0.717) is 11.4 Å². The van der Waals surface area contributed by atoms with Gasteiger partial charge in [0.1, 0.15) is 18.1 Å². The molecule has 26 heavy (non-hydrogen) atoms. The fraction of sp³-hybridized carbons (Fsp3) is 0.412. The molecule has 1 aromatic carbocycles. The van der Waals surface area contributed by atoms with Gasteiger partial charge in [-0.15, -0.1) is 10.2 Å². The first-order valence-electron chi connectivity index (χ1n) is 7.90. The number of benzene rings is 1. The van der Waals surface area contributed by atoms with E-state index in [-0.39, 0.29) is 11.8 Å². The number of halogens is 1. The molecule has 0 saturated carbocycles. The monoisotopic (exact) mass is 381 g/mol. The van der Waals surface area contributed by atoms with Crippen LogP contribution in [-0.4, -0.2) is 33.0 Å². The van der Waals surface area contributed by atoms with Crippen molar-refractivity contribution in [3.63, 3.8) is 0 Å². The van der Waals surface area contributed by atoms with Gasteiger partial charge in [-0.2, -0.15) is 0 Å². The number of carboxylic acid groups (broad SMARTS) is 1. The summed E-state index contributed by atoms with van der Waals surface area (Å²) >= 11 is 5.89. The summed E-state index contributed by atoms with van der Waals surface area (Å²) < 4.78 is 10.6. The molecule has 2 rings (SSSR count). The number of rotatable bonds is 6. The maximum absolute atomic E-state index is 12.1. The Morgan fingerprint density at radius 2 is 1.92 bits per heavy atom. The number of nitrogens with zero attached hydrogens (tertiary/aromatic N) is 2. The van der Waals surface area contributed by atoms with E-state index in [0.717, 1.165) is 5.56 Å². The number of ether oxygens (including phenoxy) is 1. The third-order valence-electron chi connectivity index (χ3n) is 3.13. The maximum atomic E-state index is 12.1. The van der Waals surface area contributed by atoms with Crippen LogP contribution in [0.5, 0.6) is 0 Å². The molecule has 140 valence electrons. The number of hydrogen-bond donors (Lipinski definition) is 2. The summed E-state index contributed by atoms with van der Waals surface area (Å²) in [6.45, 7) is 5.25. The Morgan fingerprint density at radius 3 is 2.50 bits per heavy atom. The molecule has 0 bridgehead atoms. The summed E-state index contributed by atoms with van der Waals surface area (Å²) in [5, 5.41) is 19.7. The van der Waals surface area contributed by atoms with Gasteiger partial charge in [-0.3, -0.25) is 4.79 Å². The second kappa shape index (κ2) is 8.18. The number of carbonyl (C=O) groups is 2. The number of carboxylic acids is 1. The van der Waals surface area contributed by atoms with Gasteiger partial charge in [0.25, 0.3) is 0 Å². The fourth-order valence-corrected chi connectivity index (χ4v) is 2.24. The molecule has 0 saturated heterocycles. The number of hydrogen-bond acceptors (Lipinski definition) is 6. The van der Waals surface area contributed by atoms with E-state index in [9.17, 15) is 9.59 Å². The normalized spacial score (nSPS) is 12.5. The lowest BCUT2D eigenvalue weighted by atomic mass is 10.1. The zero-order valence-electron chi connectivity index (χ0n) is 14.7. The van der Waals surface area contributed by atoms with Crippen molar-refractivity contribution in [2.45, 2.75) is 45.3 Å². The minimum absolute atomic E-state index is 0.0420. The predicted octanol–water partition coefficient (Wildman–Crippen LogP) is 3.16. The van der Waals surface area contributed by atoms with Gasteiger partial charge in [0, 0.05) is 11.4 Å². The van der Waals surface area contributed by atoms with Crippen LogP contribution in [0.2, 0.25) is 5.02 Å². The first kappa shape index (κ1) is 19.7. The second-order valence-electron chi connectivity index (χ2n) is 6.63. The molecule has 1 atom stereocenters. The van der Waals surface area contributed by atoms with Crippen LogP contribution in [-0.2, 0) is 22.4 Å². The van der Waals surface area contributed by atoms with Gasteiger partial charge < -0.3 is 19.6 Å². The van der Waals surface area contributed by atoms with Gasteiger partial charge >= 0.3 is 12.1 Å². The highest BCUT2D eigenvalue weighted by molar-refractivity contribution is 6.30. The van der Waals surface area contributed by atoms with Crippen molar-refractivity contribution >= 4 is 23.7 Å². The first-order chi connectivity index (χ1) is 12.1. The molecule has 9 heteroatoms. The Morgan fingerprint density at radius 1 is 1.27 bits per heavy atom. The molecule has 2 N–H and O–H groups in total. The number of carbonyl (C=O) groups excluding carboxylic acids is 1. The van der Waals surface area contributed by atoms with E-state index in [1.807, 2.05) is 0 Å². The Kier molecular flexibility index (Phi) is 6.20. The van der Waals surface area contributed by atoms with Crippen LogP contribution in [0, 0.1) is 0 Å². The minimum Gasteiger partial charge on any atom is -0.481 e. The van der Waals surface area contributed by atoms with E-state index in [2.05, 4.69) is 15.5 Å². The first-order valence-corrected chi connectivity index (χ1v) is 8.28. The number of aliphatic carboxylic acids is 1. The van der Waals surface area contributed by atoms with Crippen LogP contribution in [0.25, 0.3) is 0 Å². The highest BCUT2D eigenvalue weighted by Gasteiger charge is 2.25. The van der Waals surface area contributed by atoms with Gasteiger partial charge in [0.15, 0.2) is 0 Å². The van der Waals surface area contributed by atoms with Gasteiger partial charge in [-0.05, 0) is 38.5 Å². The second-order valence-corrected chi connectivity index (χ2v) is 7.07. The lowest BCUT2D eigenvalue weighted by Gasteiger charge is -2.22. The van der Waals surface area contributed by atoms with E-state index in [1.165, 1.54) is 0 Å². The SMILES string of the molecule is CC(C)(C)OC(=O)NC(Cc1ccc(Cl)cc1)c1nnc(CC(=O)O)o1. The van der Waals surface area contributed by atoms with Crippen molar-refractivity contribution in [2.75, 3.05) is 0 Å².